The lowest BCUT2D eigenvalue weighted by Gasteiger charge is -2.07. The SMILES string of the molecule is CCCCOc1cc2nn(-c3ccc(C(=O)OCC)cc3)nc2cc1C. The number of hydrogen-bond acceptors (Lipinski definition) is 5. The monoisotopic (exact) mass is 353 g/mol. The number of unbranched alkanes of at least 4 members (excludes halogenated alkanes) is 1. The van der Waals surface area contributed by atoms with E-state index >= 15 is 0 Å². The van der Waals surface area contributed by atoms with Crippen molar-refractivity contribution in [3.8, 4) is 11.4 Å². The van der Waals surface area contributed by atoms with Crippen LogP contribution in [0.3, 0.4) is 0 Å². The van der Waals surface area contributed by atoms with E-state index in [9.17, 15) is 4.79 Å². The zero-order valence-corrected chi connectivity index (χ0v) is 15.4. The predicted octanol–water partition coefficient (Wildman–Crippen LogP) is 4.08. The Hall–Kier alpha value is -2.89. The van der Waals surface area contributed by atoms with E-state index in [1.807, 2.05) is 19.1 Å². The van der Waals surface area contributed by atoms with E-state index in [1.54, 1.807) is 36.0 Å². The number of nitrogens with zero attached hydrogens (tertiary/aromatic N) is 3. The highest BCUT2D eigenvalue weighted by atomic mass is 16.5. The van der Waals surface area contributed by atoms with Gasteiger partial charge in [-0.3, -0.25) is 0 Å². The fourth-order valence-corrected chi connectivity index (χ4v) is 2.59. The Morgan fingerprint density at radius 1 is 1.08 bits per heavy atom. The molecule has 0 fully saturated rings. The third-order valence-electron chi connectivity index (χ3n) is 4.04. The van der Waals surface area contributed by atoms with E-state index in [0.717, 1.165) is 40.9 Å². The largest absolute Gasteiger partial charge is 0.493 e. The van der Waals surface area contributed by atoms with Gasteiger partial charge in [0, 0.05) is 6.07 Å². The van der Waals surface area contributed by atoms with Crippen LogP contribution >= 0.6 is 0 Å². The van der Waals surface area contributed by atoms with Crippen molar-refractivity contribution in [1.82, 2.24) is 15.0 Å². The lowest BCUT2D eigenvalue weighted by Crippen LogP contribution is -2.05. The van der Waals surface area contributed by atoms with Crippen molar-refractivity contribution in [3.63, 3.8) is 0 Å². The van der Waals surface area contributed by atoms with Gasteiger partial charge >= 0.3 is 5.97 Å². The van der Waals surface area contributed by atoms with Gasteiger partial charge in [-0.1, -0.05) is 13.3 Å². The van der Waals surface area contributed by atoms with Crippen LogP contribution in [0.1, 0.15) is 42.6 Å². The van der Waals surface area contributed by atoms with E-state index in [4.69, 9.17) is 9.47 Å². The first-order valence-electron chi connectivity index (χ1n) is 8.90. The topological polar surface area (TPSA) is 66.2 Å². The summed E-state index contributed by atoms with van der Waals surface area (Å²) in [7, 11) is 0. The van der Waals surface area contributed by atoms with Crippen LogP contribution < -0.4 is 4.74 Å². The second-order valence-electron chi connectivity index (χ2n) is 6.07. The van der Waals surface area contributed by atoms with Gasteiger partial charge in [0.15, 0.2) is 0 Å². The summed E-state index contributed by atoms with van der Waals surface area (Å²) in [4.78, 5) is 13.3. The van der Waals surface area contributed by atoms with E-state index in [0.29, 0.717) is 18.8 Å². The standard InChI is InChI=1S/C20H23N3O3/c1-4-6-11-26-19-13-18-17(12-14(19)3)21-23(22-18)16-9-7-15(8-10-16)20(24)25-5-2/h7-10,12-13H,4-6,11H2,1-3H3. The molecule has 0 aliphatic rings. The number of aryl methyl sites for hydroxylation is 1. The maximum atomic E-state index is 11.7. The molecule has 0 aliphatic carbocycles. The quantitative estimate of drug-likeness (QED) is 0.473. The Bertz CT molecular complexity index is 901. The normalized spacial score (nSPS) is 10.9. The number of carbonyl (C=O) groups excluding carboxylic acids is 1. The van der Waals surface area contributed by atoms with Gasteiger partial charge in [-0.05, 0) is 56.2 Å². The average Bonchev–Trinajstić information content (AvgIpc) is 3.05. The van der Waals surface area contributed by atoms with Crippen molar-refractivity contribution < 1.29 is 14.3 Å². The molecular formula is C20H23N3O3. The Kier molecular flexibility index (Phi) is 5.51. The van der Waals surface area contributed by atoms with Crippen molar-refractivity contribution in [2.75, 3.05) is 13.2 Å². The molecule has 0 bridgehead atoms. The van der Waals surface area contributed by atoms with Crippen LogP contribution in [-0.4, -0.2) is 34.2 Å². The summed E-state index contributed by atoms with van der Waals surface area (Å²) in [6.45, 7) is 6.99. The van der Waals surface area contributed by atoms with Gasteiger partial charge in [0.2, 0.25) is 0 Å². The number of hydrogen-bond donors (Lipinski definition) is 0. The van der Waals surface area contributed by atoms with Crippen LogP contribution in [-0.2, 0) is 4.74 Å². The summed E-state index contributed by atoms with van der Waals surface area (Å²) < 4.78 is 10.8. The molecule has 0 saturated heterocycles. The summed E-state index contributed by atoms with van der Waals surface area (Å²) in [5.41, 5.74) is 3.91. The number of esters is 1. The molecular weight excluding hydrogens is 330 g/mol. The number of benzene rings is 2. The molecule has 0 radical (unpaired) electrons. The predicted molar refractivity (Wildman–Crippen MR) is 100.0 cm³/mol. The fourth-order valence-electron chi connectivity index (χ4n) is 2.59. The molecule has 6 heteroatoms. The molecule has 0 aliphatic heterocycles. The maximum absolute atomic E-state index is 11.7. The van der Waals surface area contributed by atoms with E-state index in [-0.39, 0.29) is 5.97 Å². The molecule has 1 aromatic heterocycles. The van der Waals surface area contributed by atoms with Crippen LogP contribution in [0.5, 0.6) is 5.75 Å². The number of aromatic nitrogens is 3. The Labute approximate surface area is 152 Å². The highest BCUT2D eigenvalue weighted by Crippen LogP contribution is 2.24. The minimum Gasteiger partial charge on any atom is -0.493 e. The molecule has 1 heterocycles. The van der Waals surface area contributed by atoms with Crippen LogP contribution in [0.2, 0.25) is 0 Å². The number of rotatable bonds is 7. The number of ether oxygens (including phenoxy) is 2. The van der Waals surface area contributed by atoms with Crippen molar-refractivity contribution >= 4 is 17.0 Å². The van der Waals surface area contributed by atoms with Gasteiger partial charge in [-0.15, -0.1) is 10.2 Å². The lowest BCUT2D eigenvalue weighted by atomic mass is 10.2. The first-order chi connectivity index (χ1) is 12.6. The fraction of sp³-hybridized carbons (Fsp3) is 0.350. The average molecular weight is 353 g/mol. The molecule has 0 unspecified atom stereocenters. The van der Waals surface area contributed by atoms with Gasteiger partial charge < -0.3 is 9.47 Å². The van der Waals surface area contributed by atoms with Crippen LogP contribution in [0, 0.1) is 6.92 Å². The van der Waals surface area contributed by atoms with Crippen LogP contribution in [0.4, 0.5) is 0 Å². The van der Waals surface area contributed by atoms with Crippen LogP contribution in [0.25, 0.3) is 16.7 Å². The molecule has 0 amide bonds. The third kappa shape index (κ3) is 3.85. The zero-order chi connectivity index (χ0) is 18.5. The summed E-state index contributed by atoms with van der Waals surface area (Å²) in [5.74, 6) is 0.512. The van der Waals surface area contributed by atoms with Crippen molar-refractivity contribution in [2.24, 2.45) is 0 Å². The Morgan fingerprint density at radius 3 is 2.42 bits per heavy atom. The maximum Gasteiger partial charge on any atom is 0.338 e. The lowest BCUT2D eigenvalue weighted by molar-refractivity contribution is 0.0526. The highest BCUT2D eigenvalue weighted by Gasteiger charge is 2.11. The minimum atomic E-state index is -0.331. The van der Waals surface area contributed by atoms with Gasteiger partial charge in [0.1, 0.15) is 16.8 Å². The smallest absolute Gasteiger partial charge is 0.338 e. The second-order valence-corrected chi connectivity index (χ2v) is 6.07. The van der Waals surface area contributed by atoms with E-state index in [2.05, 4.69) is 17.1 Å². The van der Waals surface area contributed by atoms with E-state index in [1.165, 1.54) is 0 Å². The molecule has 3 rings (SSSR count). The number of carbonyl (C=O) groups is 1. The van der Waals surface area contributed by atoms with E-state index < -0.39 is 0 Å². The molecule has 2 aromatic carbocycles. The summed E-state index contributed by atoms with van der Waals surface area (Å²) in [5, 5.41) is 9.06. The molecule has 26 heavy (non-hydrogen) atoms. The van der Waals surface area contributed by atoms with Crippen molar-refractivity contribution in [3.05, 3.63) is 47.5 Å². The molecule has 0 N–H and O–H groups in total. The molecule has 0 atom stereocenters. The Balaban J connectivity index is 1.85. The third-order valence-corrected chi connectivity index (χ3v) is 4.04. The molecule has 6 nitrogen and oxygen atoms in total. The van der Waals surface area contributed by atoms with Crippen molar-refractivity contribution in [2.45, 2.75) is 33.6 Å². The first kappa shape index (κ1) is 17.9. The van der Waals surface area contributed by atoms with Gasteiger partial charge in [0.25, 0.3) is 0 Å². The molecule has 136 valence electrons. The molecule has 3 aromatic rings. The molecule has 0 spiro atoms. The van der Waals surface area contributed by atoms with Crippen molar-refractivity contribution in [1.29, 1.82) is 0 Å². The Morgan fingerprint density at radius 2 is 1.77 bits per heavy atom. The van der Waals surface area contributed by atoms with Gasteiger partial charge in [0.05, 0.1) is 24.5 Å². The zero-order valence-electron chi connectivity index (χ0n) is 15.4. The van der Waals surface area contributed by atoms with Gasteiger partial charge in [-0.2, -0.15) is 4.80 Å². The number of fused-ring (bicyclic) bond motifs is 1. The molecule has 0 saturated carbocycles. The van der Waals surface area contributed by atoms with Gasteiger partial charge in [-0.25, -0.2) is 4.79 Å². The first-order valence-corrected chi connectivity index (χ1v) is 8.90. The summed E-state index contributed by atoms with van der Waals surface area (Å²) in [6, 6.07) is 10.9. The second kappa shape index (κ2) is 7.99. The van der Waals surface area contributed by atoms with Crippen LogP contribution in [0.15, 0.2) is 36.4 Å². The minimum absolute atomic E-state index is 0.331. The summed E-state index contributed by atoms with van der Waals surface area (Å²) >= 11 is 0. The highest BCUT2D eigenvalue weighted by molar-refractivity contribution is 5.89. The summed E-state index contributed by atoms with van der Waals surface area (Å²) in [6.07, 6.45) is 2.12.